The van der Waals surface area contributed by atoms with E-state index >= 15 is 4.39 Å². The van der Waals surface area contributed by atoms with Gasteiger partial charge in [-0.3, -0.25) is 4.98 Å². The lowest BCUT2D eigenvalue weighted by atomic mass is 9.76. The molecule has 2 N–H and O–H groups in total. The van der Waals surface area contributed by atoms with Crippen LogP contribution in [0.4, 0.5) is 10.2 Å². The van der Waals surface area contributed by atoms with Crippen LogP contribution in [-0.2, 0) is 12.8 Å². The Morgan fingerprint density at radius 1 is 1.04 bits per heavy atom. The monoisotopic (exact) mass is 375 g/mol. The minimum Gasteiger partial charge on any atom is -0.382 e. The van der Waals surface area contributed by atoms with Crippen molar-refractivity contribution in [1.82, 2.24) is 9.97 Å². The summed E-state index contributed by atoms with van der Waals surface area (Å²) in [5.74, 6) is 0.661. The average molecular weight is 375 g/mol. The number of nitrogen functional groups attached to an aromatic ring is 1. The van der Waals surface area contributed by atoms with E-state index in [1.165, 1.54) is 34.9 Å². The second-order valence-electron chi connectivity index (χ2n) is 7.88. The van der Waals surface area contributed by atoms with Crippen molar-refractivity contribution in [1.29, 1.82) is 0 Å². The van der Waals surface area contributed by atoms with Crippen molar-refractivity contribution in [3.05, 3.63) is 76.4 Å². The SMILES string of the molecule is Cc1ccc(CCc2c(C3CCC3)ccc(-c3cnc(N)cn3)c2F)c(C)c1. The van der Waals surface area contributed by atoms with E-state index in [-0.39, 0.29) is 5.82 Å². The fourth-order valence-electron chi connectivity index (χ4n) is 4.05. The van der Waals surface area contributed by atoms with Gasteiger partial charge in [0.15, 0.2) is 0 Å². The fraction of sp³-hybridized carbons (Fsp3) is 0.333. The van der Waals surface area contributed by atoms with Gasteiger partial charge in [-0.2, -0.15) is 0 Å². The topological polar surface area (TPSA) is 51.8 Å². The second-order valence-corrected chi connectivity index (χ2v) is 7.88. The second kappa shape index (κ2) is 7.70. The van der Waals surface area contributed by atoms with Crippen LogP contribution in [0.3, 0.4) is 0 Å². The molecule has 3 aromatic rings. The van der Waals surface area contributed by atoms with E-state index in [0.29, 0.717) is 29.4 Å². The Balaban J connectivity index is 1.70. The van der Waals surface area contributed by atoms with Gasteiger partial charge in [-0.15, -0.1) is 0 Å². The highest BCUT2D eigenvalue weighted by molar-refractivity contribution is 5.62. The molecule has 28 heavy (non-hydrogen) atoms. The zero-order valence-corrected chi connectivity index (χ0v) is 16.5. The van der Waals surface area contributed by atoms with Gasteiger partial charge in [0.25, 0.3) is 0 Å². The van der Waals surface area contributed by atoms with Crippen molar-refractivity contribution in [2.75, 3.05) is 5.73 Å². The lowest BCUT2D eigenvalue weighted by molar-refractivity contribution is 0.414. The number of rotatable bonds is 5. The maximum Gasteiger partial charge on any atom is 0.141 e. The number of hydrogen-bond acceptors (Lipinski definition) is 3. The Morgan fingerprint density at radius 3 is 2.50 bits per heavy atom. The highest BCUT2D eigenvalue weighted by atomic mass is 19.1. The first-order valence-electron chi connectivity index (χ1n) is 9.98. The quantitative estimate of drug-likeness (QED) is 0.637. The molecular formula is C24H26FN3. The molecule has 1 aromatic heterocycles. The Labute approximate surface area is 165 Å². The molecule has 4 heteroatoms. The molecule has 1 aliphatic carbocycles. The van der Waals surface area contributed by atoms with E-state index in [1.807, 2.05) is 6.07 Å². The number of halogens is 1. The Bertz CT molecular complexity index is 991. The summed E-state index contributed by atoms with van der Waals surface area (Å²) in [5, 5.41) is 0. The summed E-state index contributed by atoms with van der Waals surface area (Å²) in [6, 6.07) is 10.4. The first-order valence-corrected chi connectivity index (χ1v) is 9.98. The number of nitrogens with two attached hydrogens (primary N) is 1. The summed E-state index contributed by atoms with van der Waals surface area (Å²) in [6.07, 6.45) is 8.08. The van der Waals surface area contributed by atoms with Gasteiger partial charge in [-0.05, 0) is 73.8 Å². The molecule has 1 fully saturated rings. The van der Waals surface area contributed by atoms with E-state index < -0.39 is 0 Å². The van der Waals surface area contributed by atoms with E-state index in [1.54, 1.807) is 6.20 Å². The van der Waals surface area contributed by atoms with Crippen molar-refractivity contribution in [3.8, 4) is 11.3 Å². The fourth-order valence-corrected chi connectivity index (χ4v) is 4.05. The van der Waals surface area contributed by atoms with Gasteiger partial charge in [0.1, 0.15) is 11.6 Å². The molecule has 1 heterocycles. The Kier molecular flexibility index (Phi) is 5.12. The predicted molar refractivity (Wildman–Crippen MR) is 112 cm³/mol. The molecule has 3 nitrogen and oxygen atoms in total. The number of hydrogen-bond donors (Lipinski definition) is 1. The summed E-state index contributed by atoms with van der Waals surface area (Å²) < 4.78 is 15.6. The van der Waals surface area contributed by atoms with Crippen molar-refractivity contribution >= 4 is 5.82 Å². The van der Waals surface area contributed by atoms with Crippen LogP contribution >= 0.6 is 0 Å². The smallest absolute Gasteiger partial charge is 0.141 e. The molecule has 0 saturated heterocycles. The Hall–Kier alpha value is -2.75. The third-order valence-electron chi connectivity index (χ3n) is 5.91. The number of aryl methyl sites for hydroxylation is 3. The molecule has 0 radical (unpaired) electrons. The van der Waals surface area contributed by atoms with Crippen LogP contribution in [0.1, 0.15) is 53.0 Å². The first-order chi connectivity index (χ1) is 13.5. The van der Waals surface area contributed by atoms with E-state index in [2.05, 4.69) is 48.1 Å². The minimum atomic E-state index is -0.159. The highest BCUT2D eigenvalue weighted by Gasteiger charge is 2.25. The molecule has 1 aliphatic rings. The van der Waals surface area contributed by atoms with Crippen LogP contribution in [0.25, 0.3) is 11.3 Å². The largest absolute Gasteiger partial charge is 0.382 e. The van der Waals surface area contributed by atoms with Crippen LogP contribution in [-0.4, -0.2) is 9.97 Å². The van der Waals surface area contributed by atoms with Gasteiger partial charge in [0.05, 0.1) is 18.1 Å². The molecular weight excluding hydrogens is 349 g/mol. The van der Waals surface area contributed by atoms with Gasteiger partial charge >= 0.3 is 0 Å². The van der Waals surface area contributed by atoms with Gasteiger partial charge in [0, 0.05) is 5.56 Å². The molecule has 0 unspecified atom stereocenters. The summed E-state index contributed by atoms with van der Waals surface area (Å²) in [7, 11) is 0. The summed E-state index contributed by atoms with van der Waals surface area (Å²) >= 11 is 0. The number of benzene rings is 2. The normalized spacial score (nSPS) is 14.1. The van der Waals surface area contributed by atoms with Gasteiger partial charge < -0.3 is 5.73 Å². The van der Waals surface area contributed by atoms with Crippen molar-refractivity contribution in [3.63, 3.8) is 0 Å². The van der Waals surface area contributed by atoms with Crippen molar-refractivity contribution < 1.29 is 4.39 Å². The van der Waals surface area contributed by atoms with Gasteiger partial charge in [0.2, 0.25) is 0 Å². The van der Waals surface area contributed by atoms with Crippen LogP contribution in [0.2, 0.25) is 0 Å². The maximum absolute atomic E-state index is 15.6. The maximum atomic E-state index is 15.6. The summed E-state index contributed by atoms with van der Waals surface area (Å²) in [6.45, 7) is 4.23. The van der Waals surface area contributed by atoms with Crippen LogP contribution in [0, 0.1) is 19.7 Å². The zero-order valence-electron chi connectivity index (χ0n) is 16.5. The molecule has 4 rings (SSSR count). The highest BCUT2D eigenvalue weighted by Crippen LogP contribution is 2.40. The van der Waals surface area contributed by atoms with Crippen LogP contribution < -0.4 is 5.73 Å². The third kappa shape index (κ3) is 3.64. The molecule has 144 valence electrons. The molecule has 2 aromatic carbocycles. The molecule has 0 atom stereocenters. The van der Waals surface area contributed by atoms with Crippen LogP contribution in [0.15, 0.2) is 42.7 Å². The predicted octanol–water partition coefficient (Wildman–Crippen LogP) is 5.53. The molecule has 0 bridgehead atoms. The number of nitrogens with zero attached hydrogens (tertiary/aromatic N) is 2. The zero-order chi connectivity index (χ0) is 19.7. The molecule has 0 aliphatic heterocycles. The number of anilines is 1. The lowest BCUT2D eigenvalue weighted by Crippen LogP contribution is -2.14. The van der Waals surface area contributed by atoms with E-state index in [9.17, 15) is 0 Å². The van der Waals surface area contributed by atoms with E-state index in [4.69, 9.17) is 5.73 Å². The van der Waals surface area contributed by atoms with E-state index in [0.717, 1.165) is 24.8 Å². The third-order valence-corrected chi connectivity index (χ3v) is 5.91. The average Bonchev–Trinajstić information content (AvgIpc) is 2.62. The first kappa shape index (κ1) is 18.6. The summed E-state index contributed by atoms with van der Waals surface area (Å²) in [4.78, 5) is 8.35. The van der Waals surface area contributed by atoms with Crippen molar-refractivity contribution in [2.24, 2.45) is 0 Å². The Morgan fingerprint density at radius 2 is 1.86 bits per heavy atom. The molecule has 0 spiro atoms. The molecule has 1 saturated carbocycles. The van der Waals surface area contributed by atoms with Crippen molar-refractivity contribution in [2.45, 2.75) is 51.9 Å². The standard InChI is InChI=1S/C24H26FN3/c1-15-6-7-17(16(2)12-15)8-9-20-19(18-4-3-5-18)10-11-21(24(20)25)22-13-28-23(26)14-27-22/h6-7,10-14,18H,3-5,8-9H2,1-2H3,(H2,26,28). The summed E-state index contributed by atoms with van der Waals surface area (Å²) in [5.41, 5.74) is 12.5. The minimum absolute atomic E-state index is 0.159. The van der Waals surface area contributed by atoms with Crippen LogP contribution in [0.5, 0.6) is 0 Å². The van der Waals surface area contributed by atoms with Gasteiger partial charge in [-0.25, -0.2) is 9.37 Å². The number of aromatic nitrogens is 2. The lowest BCUT2D eigenvalue weighted by Gasteiger charge is -2.29. The molecule has 0 amide bonds. The van der Waals surface area contributed by atoms with Gasteiger partial charge in [-0.1, -0.05) is 36.2 Å².